The van der Waals surface area contributed by atoms with Gasteiger partial charge in [0.15, 0.2) is 8.32 Å². The van der Waals surface area contributed by atoms with Gasteiger partial charge in [-0.2, -0.15) is 0 Å². The van der Waals surface area contributed by atoms with Crippen LogP contribution in [0.15, 0.2) is 53.3 Å². The summed E-state index contributed by atoms with van der Waals surface area (Å²) in [4.78, 5) is 25.2. The third kappa shape index (κ3) is 9.46. The van der Waals surface area contributed by atoms with Gasteiger partial charge in [0.25, 0.3) is 0 Å². The average molecular weight is 518 g/mol. The number of benzene rings is 1. The zero-order chi connectivity index (χ0) is 27.1. The first-order valence-corrected chi connectivity index (χ1v) is 15.4. The minimum Gasteiger partial charge on any atom is -0.481 e. The third-order valence-electron chi connectivity index (χ3n) is 6.63. The fraction of sp³-hybridized carbons (Fsp3) is 0.571. The van der Waals surface area contributed by atoms with Crippen molar-refractivity contribution in [2.75, 3.05) is 0 Å². The second-order valence-electron chi connectivity index (χ2n) is 12.0. The maximum atomic E-state index is 12.9. The van der Waals surface area contributed by atoms with E-state index in [2.05, 4.69) is 39.2 Å². The number of rotatable bonds is 11. The maximum Gasteiger partial charge on any atom is 0.407 e. The van der Waals surface area contributed by atoms with Crippen molar-refractivity contribution in [3.05, 3.63) is 60.1 Å². The smallest absolute Gasteiger partial charge is 0.407 e. The van der Waals surface area contributed by atoms with Gasteiger partial charge in [-0.1, -0.05) is 51.1 Å². The van der Waals surface area contributed by atoms with Crippen molar-refractivity contribution in [3.8, 4) is 0 Å². The van der Waals surface area contributed by atoms with E-state index in [1.807, 2.05) is 51.1 Å². The van der Waals surface area contributed by atoms with Crippen LogP contribution in [0.4, 0.5) is 4.79 Å². The molecule has 1 aromatic heterocycles. The highest BCUT2D eigenvalue weighted by Crippen LogP contribution is 2.39. The van der Waals surface area contributed by atoms with Crippen molar-refractivity contribution in [1.29, 1.82) is 0 Å². The third-order valence-corrected chi connectivity index (χ3v) is 11.1. The normalized spacial score (nSPS) is 15.1. The van der Waals surface area contributed by atoms with Crippen molar-refractivity contribution < 1.29 is 28.3 Å². The summed E-state index contributed by atoms with van der Waals surface area (Å²) in [5.74, 6) is -1.62. The number of hydrogen-bond acceptors (Lipinski definition) is 5. The van der Waals surface area contributed by atoms with Gasteiger partial charge in [-0.05, 0) is 75.4 Å². The van der Waals surface area contributed by atoms with Crippen LogP contribution in [0, 0.1) is 5.92 Å². The molecule has 2 aromatic rings. The number of carbonyl (C=O) groups excluding carboxylic acids is 1. The number of hydrogen-bond donors (Lipinski definition) is 2. The molecule has 8 heteroatoms. The molecule has 7 nitrogen and oxygen atoms in total. The molecular weight excluding hydrogens is 474 g/mol. The van der Waals surface area contributed by atoms with Gasteiger partial charge in [0, 0.05) is 0 Å². The van der Waals surface area contributed by atoms with Gasteiger partial charge in [-0.25, -0.2) is 4.79 Å². The molecule has 0 aliphatic heterocycles. The molecule has 2 rings (SSSR count). The molecule has 1 unspecified atom stereocenters. The van der Waals surface area contributed by atoms with Gasteiger partial charge in [0.05, 0.1) is 30.6 Å². The predicted octanol–water partition coefficient (Wildman–Crippen LogP) is 6.44. The van der Waals surface area contributed by atoms with E-state index in [1.165, 1.54) is 0 Å². The summed E-state index contributed by atoms with van der Waals surface area (Å²) in [5.41, 5.74) is 1.17. The molecule has 200 valence electrons. The van der Waals surface area contributed by atoms with Crippen LogP contribution in [0.25, 0.3) is 0 Å². The second kappa shape index (κ2) is 12.1. The molecule has 3 atom stereocenters. The molecule has 0 bridgehead atoms. The van der Waals surface area contributed by atoms with Crippen molar-refractivity contribution in [2.45, 2.75) is 96.7 Å². The molecule has 0 saturated carbocycles. The number of carboxylic acids is 1. The predicted molar refractivity (Wildman–Crippen MR) is 144 cm³/mol. The Bertz CT molecular complexity index is 960. The van der Waals surface area contributed by atoms with Crippen LogP contribution in [-0.2, 0) is 26.8 Å². The Hall–Kier alpha value is -2.58. The SMILES string of the molecule is CC(C)(C)OC(=O)N[C@@H](Cc1ccccc1)[C@H](CC(Cc1ccoc1)C(=O)O)O[Si](C)(C)C(C)(C)C. The summed E-state index contributed by atoms with van der Waals surface area (Å²) in [6, 6.07) is 11.1. The van der Waals surface area contributed by atoms with Crippen LogP contribution in [0.5, 0.6) is 0 Å². The Labute approximate surface area is 216 Å². The Balaban J connectivity index is 2.44. The van der Waals surface area contributed by atoms with E-state index in [0.717, 1.165) is 11.1 Å². The van der Waals surface area contributed by atoms with Crippen LogP contribution in [0.2, 0.25) is 18.1 Å². The van der Waals surface area contributed by atoms with E-state index < -0.39 is 44.0 Å². The first kappa shape index (κ1) is 29.6. The van der Waals surface area contributed by atoms with Gasteiger partial charge in [-0.15, -0.1) is 0 Å². The molecule has 36 heavy (non-hydrogen) atoms. The van der Waals surface area contributed by atoms with E-state index in [0.29, 0.717) is 12.8 Å². The Morgan fingerprint density at radius 2 is 1.64 bits per heavy atom. The standard InChI is InChI=1S/C28H43NO6Si/c1-27(2,3)34-26(32)29-23(17-20-12-10-9-11-13-20)24(35-36(7,8)28(4,5)6)18-22(25(30)31)16-21-14-15-33-19-21/h9-15,19,22-24H,16-18H2,1-8H3,(H,29,32)(H,30,31)/t22?,23-,24-/m0/s1. The lowest BCUT2D eigenvalue weighted by Crippen LogP contribution is -2.54. The molecule has 1 heterocycles. The molecule has 0 radical (unpaired) electrons. The quantitative estimate of drug-likeness (QED) is 0.333. The summed E-state index contributed by atoms with van der Waals surface area (Å²) in [6.45, 7) is 16.1. The van der Waals surface area contributed by atoms with Crippen LogP contribution >= 0.6 is 0 Å². The fourth-order valence-electron chi connectivity index (χ4n) is 3.70. The topological polar surface area (TPSA) is 98.0 Å². The first-order valence-electron chi connectivity index (χ1n) is 12.5. The Kier molecular flexibility index (Phi) is 9.97. The van der Waals surface area contributed by atoms with E-state index >= 15 is 0 Å². The Morgan fingerprint density at radius 1 is 1.00 bits per heavy atom. The number of carboxylic acid groups (broad SMARTS) is 1. The Morgan fingerprint density at radius 3 is 2.14 bits per heavy atom. The lowest BCUT2D eigenvalue weighted by atomic mass is 9.90. The van der Waals surface area contributed by atoms with Crippen LogP contribution in [0.3, 0.4) is 0 Å². The number of amides is 1. The zero-order valence-corrected chi connectivity index (χ0v) is 24.0. The number of ether oxygens (including phenoxy) is 1. The van der Waals surface area contributed by atoms with Gasteiger partial charge >= 0.3 is 12.1 Å². The van der Waals surface area contributed by atoms with Crippen LogP contribution in [0.1, 0.15) is 59.1 Å². The minimum absolute atomic E-state index is 0.0995. The first-order chi connectivity index (χ1) is 16.6. The van der Waals surface area contributed by atoms with E-state index in [1.54, 1.807) is 18.6 Å². The molecule has 0 fully saturated rings. The minimum atomic E-state index is -2.33. The molecule has 1 aromatic carbocycles. The summed E-state index contributed by atoms with van der Waals surface area (Å²) in [5, 5.41) is 13.0. The van der Waals surface area contributed by atoms with E-state index in [9.17, 15) is 14.7 Å². The number of carbonyl (C=O) groups is 2. The van der Waals surface area contributed by atoms with E-state index in [-0.39, 0.29) is 11.5 Å². The lowest BCUT2D eigenvalue weighted by molar-refractivity contribution is -0.142. The maximum absolute atomic E-state index is 12.9. The number of nitrogens with one attached hydrogen (secondary N) is 1. The molecule has 0 aliphatic carbocycles. The average Bonchev–Trinajstić information content (AvgIpc) is 3.23. The zero-order valence-electron chi connectivity index (χ0n) is 23.0. The summed E-state index contributed by atoms with van der Waals surface area (Å²) < 4.78 is 17.6. The molecule has 1 amide bonds. The van der Waals surface area contributed by atoms with Gasteiger partial charge in [0.1, 0.15) is 5.60 Å². The summed E-state index contributed by atoms with van der Waals surface area (Å²) in [7, 11) is -2.33. The number of furan rings is 1. The van der Waals surface area contributed by atoms with Gasteiger partial charge in [0.2, 0.25) is 0 Å². The van der Waals surface area contributed by atoms with Crippen molar-refractivity contribution in [2.24, 2.45) is 5.92 Å². The lowest BCUT2D eigenvalue weighted by Gasteiger charge is -2.42. The summed E-state index contributed by atoms with van der Waals surface area (Å²) in [6.07, 6.45) is 3.06. The van der Waals surface area contributed by atoms with Crippen LogP contribution in [-0.4, -0.2) is 43.2 Å². The van der Waals surface area contributed by atoms with Gasteiger partial charge in [-0.3, -0.25) is 4.79 Å². The van der Waals surface area contributed by atoms with Crippen molar-refractivity contribution in [3.63, 3.8) is 0 Å². The largest absolute Gasteiger partial charge is 0.481 e. The fourth-order valence-corrected chi connectivity index (χ4v) is 5.07. The highest BCUT2D eigenvalue weighted by molar-refractivity contribution is 6.74. The highest BCUT2D eigenvalue weighted by atomic mass is 28.4. The van der Waals surface area contributed by atoms with Gasteiger partial charge < -0.3 is 24.0 Å². The molecule has 0 saturated heterocycles. The summed E-state index contributed by atoms with van der Waals surface area (Å²) >= 11 is 0. The number of aliphatic carboxylic acids is 1. The highest BCUT2D eigenvalue weighted by Gasteiger charge is 2.42. The van der Waals surface area contributed by atoms with E-state index in [4.69, 9.17) is 13.6 Å². The molecule has 0 spiro atoms. The molecule has 2 N–H and O–H groups in total. The molecular formula is C28H43NO6Si. The van der Waals surface area contributed by atoms with Crippen molar-refractivity contribution in [1.82, 2.24) is 5.32 Å². The monoisotopic (exact) mass is 517 g/mol. The second-order valence-corrected chi connectivity index (χ2v) is 16.7. The number of alkyl carbamates (subject to hydrolysis) is 1. The van der Waals surface area contributed by atoms with Crippen LogP contribution < -0.4 is 5.32 Å². The van der Waals surface area contributed by atoms with Crippen molar-refractivity contribution >= 4 is 20.4 Å². The molecule has 0 aliphatic rings.